The maximum absolute atomic E-state index is 12.4. The van der Waals surface area contributed by atoms with Crippen molar-refractivity contribution >= 4 is 22.4 Å². The Hall–Kier alpha value is -1.87. The van der Waals surface area contributed by atoms with Crippen molar-refractivity contribution in [2.75, 3.05) is 18.4 Å². The lowest BCUT2D eigenvalue weighted by Crippen LogP contribution is -2.34. The van der Waals surface area contributed by atoms with Crippen LogP contribution in [0.4, 0.5) is 5.69 Å². The van der Waals surface area contributed by atoms with E-state index >= 15 is 0 Å². The van der Waals surface area contributed by atoms with E-state index in [9.17, 15) is 4.79 Å². The predicted molar refractivity (Wildman–Crippen MR) is 92.0 cm³/mol. The van der Waals surface area contributed by atoms with E-state index in [4.69, 9.17) is 0 Å². The molecule has 1 aliphatic rings. The molecule has 0 spiro atoms. The summed E-state index contributed by atoms with van der Waals surface area (Å²) < 4.78 is 0. The van der Waals surface area contributed by atoms with E-state index in [0.29, 0.717) is 18.3 Å². The standard InChI is InChI=1S/C19H24N2O/c1-14(16-8-5-11-20-13-16)12-19(22)21-18-10-4-7-15-6-2-3-9-17(15)18/h2-4,6-7,9-10,14,16,20H,5,8,11-13H2,1H3,(H,21,22). The molecule has 2 atom stereocenters. The number of nitrogens with one attached hydrogen (secondary N) is 2. The minimum absolute atomic E-state index is 0.120. The first kappa shape index (κ1) is 15.0. The van der Waals surface area contributed by atoms with Crippen LogP contribution in [-0.4, -0.2) is 19.0 Å². The van der Waals surface area contributed by atoms with Crippen LogP contribution >= 0.6 is 0 Å². The highest BCUT2D eigenvalue weighted by Crippen LogP contribution is 2.25. The molecule has 1 heterocycles. The third kappa shape index (κ3) is 3.47. The predicted octanol–water partition coefficient (Wildman–Crippen LogP) is 3.80. The summed E-state index contributed by atoms with van der Waals surface area (Å²) in [5.41, 5.74) is 0.914. The maximum atomic E-state index is 12.4. The fraction of sp³-hybridized carbons (Fsp3) is 0.421. The van der Waals surface area contributed by atoms with E-state index < -0.39 is 0 Å². The van der Waals surface area contributed by atoms with Crippen molar-refractivity contribution in [3.8, 4) is 0 Å². The molecule has 0 bridgehead atoms. The topological polar surface area (TPSA) is 41.1 Å². The van der Waals surface area contributed by atoms with Gasteiger partial charge in [0.15, 0.2) is 0 Å². The van der Waals surface area contributed by atoms with Crippen molar-refractivity contribution in [2.45, 2.75) is 26.2 Å². The Kier molecular flexibility index (Phi) is 4.74. The van der Waals surface area contributed by atoms with Gasteiger partial charge >= 0.3 is 0 Å². The van der Waals surface area contributed by atoms with E-state index in [-0.39, 0.29) is 5.91 Å². The van der Waals surface area contributed by atoms with Crippen molar-refractivity contribution in [2.24, 2.45) is 11.8 Å². The number of carbonyl (C=O) groups excluding carboxylic acids is 1. The molecule has 0 radical (unpaired) electrons. The summed E-state index contributed by atoms with van der Waals surface area (Å²) >= 11 is 0. The van der Waals surface area contributed by atoms with Crippen LogP contribution < -0.4 is 10.6 Å². The molecular weight excluding hydrogens is 272 g/mol. The minimum Gasteiger partial charge on any atom is -0.326 e. The number of hydrogen-bond acceptors (Lipinski definition) is 2. The van der Waals surface area contributed by atoms with Gasteiger partial charge in [-0.25, -0.2) is 0 Å². The van der Waals surface area contributed by atoms with Crippen LogP contribution in [0.5, 0.6) is 0 Å². The number of rotatable bonds is 4. The lowest BCUT2D eigenvalue weighted by atomic mass is 9.85. The van der Waals surface area contributed by atoms with Gasteiger partial charge in [-0.2, -0.15) is 0 Å². The zero-order valence-corrected chi connectivity index (χ0v) is 13.1. The third-order valence-electron chi connectivity index (χ3n) is 4.71. The van der Waals surface area contributed by atoms with Crippen molar-refractivity contribution in [3.05, 3.63) is 42.5 Å². The molecule has 0 saturated carbocycles. The maximum Gasteiger partial charge on any atom is 0.224 e. The third-order valence-corrected chi connectivity index (χ3v) is 4.71. The molecule has 2 unspecified atom stereocenters. The van der Waals surface area contributed by atoms with Crippen LogP contribution in [0.15, 0.2) is 42.5 Å². The second-order valence-electron chi connectivity index (χ2n) is 6.36. The van der Waals surface area contributed by atoms with Crippen LogP contribution in [0.3, 0.4) is 0 Å². The van der Waals surface area contributed by atoms with Gasteiger partial charge in [0.05, 0.1) is 0 Å². The number of hydrogen-bond donors (Lipinski definition) is 2. The molecule has 22 heavy (non-hydrogen) atoms. The summed E-state index contributed by atoms with van der Waals surface area (Å²) in [6, 6.07) is 14.2. The molecule has 0 aliphatic carbocycles. The highest BCUT2D eigenvalue weighted by molar-refractivity contribution is 6.02. The summed E-state index contributed by atoms with van der Waals surface area (Å²) in [5, 5.41) is 8.79. The van der Waals surface area contributed by atoms with Gasteiger partial charge in [-0.1, -0.05) is 43.3 Å². The Labute approximate surface area is 132 Å². The number of fused-ring (bicyclic) bond motifs is 1. The molecule has 2 N–H and O–H groups in total. The SMILES string of the molecule is CC(CC(=O)Nc1cccc2ccccc12)C1CCCNC1. The van der Waals surface area contributed by atoms with Crippen LogP contribution in [0, 0.1) is 11.8 Å². The Morgan fingerprint density at radius 3 is 2.91 bits per heavy atom. The molecule has 3 nitrogen and oxygen atoms in total. The largest absolute Gasteiger partial charge is 0.326 e. The first-order valence-corrected chi connectivity index (χ1v) is 8.22. The summed E-state index contributed by atoms with van der Waals surface area (Å²) in [6.07, 6.45) is 3.05. The van der Waals surface area contributed by atoms with E-state index in [2.05, 4.69) is 35.8 Å². The zero-order chi connectivity index (χ0) is 15.4. The molecule has 2 aromatic rings. The molecule has 1 saturated heterocycles. The van der Waals surface area contributed by atoms with Gasteiger partial charge < -0.3 is 10.6 Å². The molecule has 3 heteroatoms. The minimum atomic E-state index is 0.120. The molecule has 1 amide bonds. The molecule has 0 aromatic heterocycles. The molecule has 3 rings (SSSR count). The fourth-order valence-electron chi connectivity index (χ4n) is 3.36. The number of piperidine rings is 1. The van der Waals surface area contributed by atoms with Crippen molar-refractivity contribution < 1.29 is 4.79 Å². The van der Waals surface area contributed by atoms with Gasteiger partial charge in [0, 0.05) is 17.5 Å². The number of benzene rings is 2. The van der Waals surface area contributed by atoms with E-state index in [1.165, 1.54) is 12.8 Å². The Morgan fingerprint density at radius 2 is 2.09 bits per heavy atom. The Bertz CT molecular complexity index is 641. The van der Waals surface area contributed by atoms with Gasteiger partial charge in [-0.3, -0.25) is 4.79 Å². The smallest absolute Gasteiger partial charge is 0.224 e. The molecule has 1 fully saturated rings. The van der Waals surface area contributed by atoms with Crippen molar-refractivity contribution in [3.63, 3.8) is 0 Å². The van der Waals surface area contributed by atoms with Crippen molar-refractivity contribution in [1.82, 2.24) is 5.32 Å². The average molecular weight is 296 g/mol. The molecule has 2 aromatic carbocycles. The normalized spacial score (nSPS) is 19.8. The van der Waals surface area contributed by atoms with Crippen LogP contribution in [0.2, 0.25) is 0 Å². The van der Waals surface area contributed by atoms with Gasteiger partial charge in [-0.05, 0) is 49.2 Å². The second-order valence-corrected chi connectivity index (χ2v) is 6.36. The number of carbonyl (C=O) groups is 1. The molecule has 116 valence electrons. The van der Waals surface area contributed by atoms with Gasteiger partial charge in [0.25, 0.3) is 0 Å². The summed E-state index contributed by atoms with van der Waals surface area (Å²) in [4.78, 5) is 12.4. The average Bonchev–Trinajstić information content (AvgIpc) is 2.56. The molecular formula is C19H24N2O. The second kappa shape index (κ2) is 6.93. The van der Waals surface area contributed by atoms with Crippen molar-refractivity contribution in [1.29, 1.82) is 0 Å². The summed E-state index contributed by atoms with van der Waals surface area (Å²) in [6.45, 7) is 4.36. The van der Waals surface area contributed by atoms with Crippen LogP contribution in [0.25, 0.3) is 10.8 Å². The lowest BCUT2D eigenvalue weighted by Gasteiger charge is -2.28. The molecule has 1 aliphatic heterocycles. The Morgan fingerprint density at radius 1 is 1.27 bits per heavy atom. The first-order chi connectivity index (χ1) is 10.7. The van der Waals surface area contributed by atoms with Gasteiger partial charge in [0.2, 0.25) is 5.91 Å². The quantitative estimate of drug-likeness (QED) is 0.901. The first-order valence-electron chi connectivity index (χ1n) is 8.22. The summed E-state index contributed by atoms with van der Waals surface area (Å²) in [5.74, 6) is 1.16. The van der Waals surface area contributed by atoms with Gasteiger partial charge in [0.1, 0.15) is 0 Å². The lowest BCUT2D eigenvalue weighted by molar-refractivity contribution is -0.117. The van der Waals surface area contributed by atoms with Crippen LogP contribution in [-0.2, 0) is 4.79 Å². The monoisotopic (exact) mass is 296 g/mol. The fourth-order valence-corrected chi connectivity index (χ4v) is 3.36. The Balaban J connectivity index is 1.65. The summed E-state index contributed by atoms with van der Waals surface area (Å²) in [7, 11) is 0. The number of anilines is 1. The van der Waals surface area contributed by atoms with Crippen LogP contribution in [0.1, 0.15) is 26.2 Å². The van der Waals surface area contributed by atoms with E-state index in [0.717, 1.165) is 29.5 Å². The van der Waals surface area contributed by atoms with E-state index in [1.54, 1.807) is 0 Å². The highest BCUT2D eigenvalue weighted by Gasteiger charge is 2.22. The van der Waals surface area contributed by atoms with Gasteiger partial charge in [-0.15, -0.1) is 0 Å². The highest BCUT2D eigenvalue weighted by atomic mass is 16.1. The number of amides is 1. The van der Waals surface area contributed by atoms with E-state index in [1.807, 2.05) is 24.3 Å². The zero-order valence-electron chi connectivity index (χ0n) is 13.1.